The lowest BCUT2D eigenvalue weighted by Gasteiger charge is -2.15. The zero-order valence-electron chi connectivity index (χ0n) is 16.0. The number of rotatable bonds is 11. The molecule has 0 saturated heterocycles. The fraction of sp³-hybridized carbons (Fsp3) is 0.550. The highest BCUT2D eigenvalue weighted by Crippen LogP contribution is 2.26. The lowest BCUT2D eigenvalue weighted by Crippen LogP contribution is -2.19. The molecule has 2 rings (SSSR count). The molecule has 0 spiro atoms. The molecule has 0 aliphatic heterocycles. The van der Waals surface area contributed by atoms with Gasteiger partial charge in [0.1, 0.15) is 5.75 Å². The molecule has 1 aromatic heterocycles. The van der Waals surface area contributed by atoms with Gasteiger partial charge in [0.25, 0.3) is 0 Å². The number of ether oxygens (including phenoxy) is 2. The molecule has 0 N–H and O–H groups in total. The Kier molecular flexibility index (Phi) is 7.95. The molecule has 1 aromatic carbocycles. The minimum absolute atomic E-state index is 0.674. The fourth-order valence-corrected chi connectivity index (χ4v) is 2.78. The summed E-state index contributed by atoms with van der Waals surface area (Å²) in [5, 5.41) is 4.66. The van der Waals surface area contributed by atoms with Gasteiger partial charge in [-0.2, -0.15) is 5.10 Å². The van der Waals surface area contributed by atoms with Crippen molar-refractivity contribution < 1.29 is 9.47 Å². The fourth-order valence-electron chi connectivity index (χ4n) is 2.78. The molecule has 25 heavy (non-hydrogen) atoms. The first-order chi connectivity index (χ1) is 12.1. The van der Waals surface area contributed by atoms with Gasteiger partial charge in [-0.15, -0.1) is 0 Å². The standard InChI is InChI=1S/C20H31N3O2/c1-5-6-12-22(2)16-20-19(15-23(3)21-20)17-8-10-18(11-9-17)25-14-7-13-24-4/h8-11,15H,5-7,12-14,16H2,1-4H3. The zero-order valence-corrected chi connectivity index (χ0v) is 16.0. The van der Waals surface area contributed by atoms with Gasteiger partial charge in [-0.25, -0.2) is 0 Å². The molecule has 138 valence electrons. The summed E-state index contributed by atoms with van der Waals surface area (Å²) in [6.07, 6.45) is 5.42. The van der Waals surface area contributed by atoms with Crippen LogP contribution >= 0.6 is 0 Å². The van der Waals surface area contributed by atoms with Crippen molar-refractivity contribution >= 4 is 0 Å². The van der Waals surface area contributed by atoms with E-state index in [1.165, 1.54) is 24.0 Å². The van der Waals surface area contributed by atoms with Crippen LogP contribution in [0, 0.1) is 0 Å². The average Bonchev–Trinajstić information content (AvgIpc) is 2.97. The number of aryl methyl sites for hydroxylation is 1. The van der Waals surface area contributed by atoms with E-state index in [1.54, 1.807) is 7.11 Å². The van der Waals surface area contributed by atoms with Crippen LogP contribution in [0.3, 0.4) is 0 Å². The second-order valence-corrected chi connectivity index (χ2v) is 6.47. The maximum Gasteiger partial charge on any atom is 0.119 e. The highest BCUT2D eigenvalue weighted by Gasteiger charge is 2.12. The summed E-state index contributed by atoms with van der Waals surface area (Å²) in [6.45, 7) is 5.58. The number of methoxy groups -OCH3 is 1. The maximum atomic E-state index is 5.73. The van der Waals surface area contributed by atoms with Gasteiger partial charge in [-0.3, -0.25) is 4.68 Å². The van der Waals surface area contributed by atoms with Crippen molar-refractivity contribution in [1.29, 1.82) is 0 Å². The third-order valence-electron chi connectivity index (χ3n) is 4.15. The normalized spacial score (nSPS) is 11.2. The molecule has 1 heterocycles. The Labute approximate surface area is 151 Å². The second-order valence-electron chi connectivity index (χ2n) is 6.47. The minimum atomic E-state index is 0.674. The highest BCUT2D eigenvalue weighted by atomic mass is 16.5. The van der Waals surface area contributed by atoms with E-state index in [0.717, 1.165) is 37.6 Å². The van der Waals surface area contributed by atoms with Crippen molar-refractivity contribution in [1.82, 2.24) is 14.7 Å². The molecule has 0 atom stereocenters. The van der Waals surface area contributed by atoms with Crippen LogP contribution in [0.4, 0.5) is 0 Å². The topological polar surface area (TPSA) is 39.5 Å². The van der Waals surface area contributed by atoms with Crippen LogP contribution in [-0.2, 0) is 18.3 Å². The van der Waals surface area contributed by atoms with Gasteiger partial charge in [-0.05, 0) is 37.7 Å². The van der Waals surface area contributed by atoms with E-state index < -0.39 is 0 Å². The maximum absolute atomic E-state index is 5.73. The third-order valence-corrected chi connectivity index (χ3v) is 4.15. The first kappa shape index (κ1) is 19.5. The van der Waals surface area contributed by atoms with Crippen LogP contribution in [0.25, 0.3) is 11.1 Å². The summed E-state index contributed by atoms with van der Waals surface area (Å²) in [7, 11) is 5.84. The second kappa shape index (κ2) is 10.2. The Morgan fingerprint density at radius 2 is 1.88 bits per heavy atom. The van der Waals surface area contributed by atoms with Gasteiger partial charge in [0.2, 0.25) is 0 Å². The van der Waals surface area contributed by atoms with Crippen molar-refractivity contribution in [3.05, 3.63) is 36.2 Å². The van der Waals surface area contributed by atoms with Crippen LogP contribution in [0.2, 0.25) is 0 Å². The quantitative estimate of drug-likeness (QED) is 0.582. The summed E-state index contributed by atoms with van der Waals surface area (Å²) in [6, 6.07) is 8.27. The first-order valence-electron chi connectivity index (χ1n) is 9.07. The van der Waals surface area contributed by atoms with Crippen molar-refractivity contribution in [3.8, 4) is 16.9 Å². The molecule has 0 aliphatic carbocycles. The smallest absolute Gasteiger partial charge is 0.119 e. The lowest BCUT2D eigenvalue weighted by atomic mass is 10.1. The van der Waals surface area contributed by atoms with Crippen LogP contribution in [-0.4, -0.2) is 48.6 Å². The number of unbranched alkanes of at least 4 members (excludes halogenated alkanes) is 1. The van der Waals surface area contributed by atoms with Crippen LogP contribution in [0.5, 0.6) is 5.75 Å². The summed E-state index contributed by atoms with van der Waals surface area (Å²) < 4.78 is 12.7. The summed E-state index contributed by atoms with van der Waals surface area (Å²) in [5.74, 6) is 0.894. The van der Waals surface area contributed by atoms with E-state index in [-0.39, 0.29) is 0 Å². The van der Waals surface area contributed by atoms with E-state index in [4.69, 9.17) is 9.47 Å². The SMILES string of the molecule is CCCCN(C)Cc1nn(C)cc1-c1ccc(OCCCOC)cc1. The molecular weight excluding hydrogens is 314 g/mol. The minimum Gasteiger partial charge on any atom is -0.494 e. The predicted molar refractivity (Wildman–Crippen MR) is 102 cm³/mol. The number of hydrogen-bond acceptors (Lipinski definition) is 4. The van der Waals surface area contributed by atoms with E-state index in [9.17, 15) is 0 Å². The number of hydrogen-bond donors (Lipinski definition) is 0. The van der Waals surface area contributed by atoms with Gasteiger partial charge in [0.15, 0.2) is 0 Å². The number of aromatic nitrogens is 2. The molecule has 0 radical (unpaired) electrons. The monoisotopic (exact) mass is 345 g/mol. The summed E-state index contributed by atoms with van der Waals surface area (Å²) in [4.78, 5) is 2.34. The largest absolute Gasteiger partial charge is 0.494 e. The molecule has 2 aromatic rings. The molecule has 5 nitrogen and oxygen atoms in total. The zero-order chi connectivity index (χ0) is 18.1. The van der Waals surface area contributed by atoms with Crippen LogP contribution in [0.15, 0.2) is 30.5 Å². The Bertz CT molecular complexity index is 622. The van der Waals surface area contributed by atoms with Crippen LogP contribution in [0.1, 0.15) is 31.9 Å². The molecule has 0 amide bonds. The highest BCUT2D eigenvalue weighted by molar-refractivity contribution is 5.66. The van der Waals surface area contributed by atoms with Gasteiger partial charge in [-0.1, -0.05) is 25.5 Å². The van der Waals surface area contributed by atoms with Crippen LogP contribution < -0.4 is 4.74 Å². The number of nitrogens with zero attached hydrogens (tertiary/aromatic N) is 3. The summed E-state index contributed by atoms with van der Waals surface area (Å²) >= 11 is 0. The molecule has 0 aliphatic rings. The van der Waals surface area contributed by atoms with Gasteiger partial charge < -0.3 is 14.4 Å². The first-order valence-corrected chi connectivity index (χ1v) is 9.07. The van der Waals surface area contributed by atoms with Crippen molar-refractivity contribution in [3.63, 3.8) is 0 Å². The average molecular weight is 345 g/mol. The molecule has 0 bridgehead atoms. The third kappa shape index (κ3) is 6.18. The Balaban J connectivity index is 2.03. The Hall–Kier alpha value is -1.85. The number of benzene rings is 1. The van der Waals surface area contributed by atoms with Gasteiger partial charge >= 0.3 is 0 Å². The van der Waals surface area contributed by atoms with E-state index in [1.807, 2.05) is 23.9 Å². The van der Waals surface area contributed by atoms with E-state index >= 15 is 0 Å². The summed E-state index contributed by atoms with van der Waals surface area (Å²) in [5.41, 5.74) is 3.49. The lowest BCUT2D eigenvalue weighted by molar-refractivity contribution is 0.172. The molecular formula is C20H31N3O2. The molecule has 0 saturated carbocycles. The van der Waals surface area contributed by atoms with Crippen molar-refractivity contribution in [2.24, 2.45) is 7.05 Å². The van der Waals surface area contributed by atoms with Crippen molar-refractivity contribution in [2.75, 3.05) is 33.9 Å². The van der Waals surface area contributed by atoms with Gasteiger partial charge in [0, 0.05) is 45.5 Å². The predicted octanol–water partition coefficient (Wildman–Crippen LogP) is 3.73. The van der Waals surface area contributed by atoms with Crippen molar-refractivity contribution in [2.45, 2.75) is 32.7 Å². The van der Waals surface area contributed by atoms with E-state index in [0.29, 0.717) is 6.61 Å². The molecule has 5 heteroatoms. The Morgan fingerprint density at radius 3 is 2.56 bits per heavy atom. The van der Waals surface area contributed by atoms with E-state index in [2.05, 4.69) is 42.3 Å². The molecule has 0 unspecified atom stereocenters. The molecule has 0 fully saturated rings. The van der Waals surface area contributed by atoms with Gasteiger partial charge in [0.05, 0.1) is 12.3 Å². The Morgan fingerprint density at radius 1 is 1.12 bits per heavy atom.